The van der Waals surface area contributed by atoms with Gasteiger partial charge in [0.2, 0.25) is 20.0 Å². The van der Waals surface area contributed by atoms with Gasteiger partial charge in [-0.3, -0.25) is 0 Å². The Morgan fingerprint density at radius 2 is 0.971 bits per heavy atom. The summed E-state index contributed by atoms with van der Waals surface area (Å²) in [7, 11) is -7.14. The molecule has 2 aromatic carbocycles. The van der Waals surface area contributed by atoms with Crippen molar-refractivity contribution in [2.45, 2.75) is 32.1 Å². The van der Waals surface area contributed by atoms with Gasteiger partial charge < -0.3 is 9.47 Å². The second-order valence-electron chi connectivity index (χ2n) is 8.16. The van der Waals surface area contributed by atoms with E-state index in [2.05, 4.69) is 0 Å². The minimum absolute atomic E-state index is 0.299. The number of hydrogen-bond donors (Lipinski definition) is 0. The van der Waals surface area contributed by atoms with E-state index in [-0.39, 0.29) is 2.74 Å². The number of ether oxygens (including phenoxy) is 2. The summed E-state index contributed by atoms with van der Waals surface area (Å²) in [6.45, 7) is 3.09. The van der Waals surface area contributed by atoms with Gasteiger partial charge in [0.25, 0.3) is 0 Å². The largest absolute Gasteiger partial charge is 0.379 e. The Morgan fingerprint density at radius 3 is 1.37 bits per heavy atom. The molecule has 0 aromatic heterocycles. The molecular weight excluding hydrogens is 569 g/mol. The molecule has 0 atom stereocenters. The summed E-state index contributed by atoms with van der Waals surface area (Å²) in [4.78, 5) is 4.52. The molecule has 1 spiro atoms. The van der Waals surface area contributed by atoms with Gasteiger partial charge in [0, 0.05) is 45.8 Å². The molecule has 4 aliphatic heterocycles. The summed E-state index contributed by atoms with van der Waals surface area (Å²) in [5.41, 5.74) is 0. The Morgan fingerprint density at radius 1 is 0.600 bits per heavy atom. The first-order chi connectivity index (χ1) is 16.8. The zero-order valence-corrected chi connectivity index (χ0v) is 23.3. The number of benzene rings is 2. The van der Waals surface area contributed by atoms with Gasteiger partial charge in [-0.1, -0.05) is 47.0 Å². The zero-order valence-electron chi connectivity index (χ0n) is 18.4. The third-order valence-corrected chi connectivity index (χ3v) is 16.3. The maximum absolute atomic E-state index is 13.1. The van der Waals surface area contributed by atoms with Gasteiger partial charge in [0.15, 0.2) is 2.74 Å². The molecule has 4 heterocycles. The van der Waals surface area contributed by atoms with Crippen LogP contribution in [0.25, 0.3) is 0 Å². The Hall–Kier alpha value is -0.420. The lowest BCUT2D eigenvalue weighted by atomic mass is 10.4. The van der Waals surface area contributed by atoms with Gasteiger partial charge in [-0.25, -0.2) is 16.8 Å². The molecule has 0 N–H and O–H groups in total. The monoisotopic (exact) mass is 590 g/mol. The molecule has 6 rings (SSSR count). The molecule has 2 aromatic rings. The molecule has 0 unspecified atom stereocenters. The van der Waals surface area contributed by atoms with Crippen molar-refractivity contribution in [1.82, 2.24) is 8.61 Å². The van der Waals surface area contributed by atoms with Gasteiger partial charge in [-0.05, 0) is 36.4 Å². The van der Waals surface area contributed by atoms with E-state index in [0.717, 1.165) is 19.6 Å². The van der Waals surface area contributed by atoms with Crippen LogP contribution in [0.5, 0.6) is 0 Å². The van der Waals surface area contributed by atoms with E-state index >= 15 is 0 Å². The van der Waals surface area contributed by atoms with Crippen molar-refractivity contribution in [3.8, 4) is 0 Å². The number of nitrogens with zero attached hydrogens (tertiary/aromatic N) is 2. The Labute approximate surface area is 222 Å². The lowest BCUT2D eigenvalue weighted by molar-refractivity contribution is 0.0730. The Balaban J connectivity index is 1.23. The molecule has 14 heteroatoms. The predicted octanol–water partition coefficient (Wildman–Crippen LogP) is 3.44. The average molecular weight is 591 g/mol. The fourth-order valence-corrected chi connectivity index (χ4v) is 14.3. The van der Waals surface area contributed by atoms with Gasteiger partial charge in [0.1, 0.15) is 0 Å². The number of rotatable bonds is 4. The van der Waals surface area contributed by atoms with Crippen LogP contribution < -0.4 is 0 Å². The highest BCUT2D eigenvalue weighted by molar-refractivity contribution is 8.50. The molecule has 0 aliphatic carbocycles. The summed E-state index contributed by atoms with van der Waals surface area (Å²) in [5.74, 6) is 0. The first kappa shape index (κ1) is 24.9. The summed E-state index contributed by atoms with van der Waals surface area (Å²) in [5, 5.41) is 0. The van der Waals surface area contributed by atoms with E-state index in [4.69, 9.17) is 9.47 Å². The van der Waals surface area contributed by atoms with E-state index in [9.17, 15) is 16.8 Å². The van der Waals surface area contributed by atoms with Crippen LogP contribution in [0.2, 0.25) is 0 Å². The molecule has 35 heavy (non-hydrogen) atoms. The van der Waals surface area contributed by atoms with Crippen molar-refractivity contribution in [3.63, 3.8) is 0 Å². The molecule has 4 aliphatic rings. The highest BCUT2D eigenvalue weighted by Crippen LogP contribution is 2.74. The fourth-order valence-electron chi connectivity index (χ4n) is 4.16. The van der Waals surface area contributed by atoms with E-state index in [1.807, 2.05) is 12.1 Å². The molecule has 2 saturated heterocycles. The molecule has 0 bridgehead atoms. The van der Waals surface area contributed by atoms with E-state index in [1.54, 1.807) is 71.3 Å². The van der Waals surface area contributed by atoms with Crippen LogP contribution in [0.15, 0.2) is 65.8 Å². The number of hydrogen-bond acceptors (Lipinski definition) is 10. The van der Waals surface area contributed by atoms with E-state index in [0.29, 0.717) is 62.4 Å². The van der Waals surface area contributed by atoms with Crippen molar-refractivity contribution in [2.24, 2.45) is 0 Å². The normalized spacial score (nSPS) is 22.9. The summed E-state index contributed by atoms with van der Waals surface area (Å²) in [6.07, 6.45) is 0. The van der Waals surface area contributed by atoms with Crippen LogP contribution >= 0.6 is 47.0 Å². The minimum Gasteiger partial charge on any atom is -0.379 e. The lowest BCUT2D eigenvalue weighted by Crippen LogP contribution is -2.40. The summed E-state index contributed by atoms with van der Waals surface area (Å²) >= 11 is 6.62. The highest BCUT2D eigenvalue weighted by Gasteiger charge is 2.47. The van der Waals surface area contributed by atoms with Crippen molar-refractivity contribution >= 4 is 67.1 Å². The zero-order chi connectivity index (χ0) is 24.3. The molecular formula is C21H22N2O6S6. The van der Waals surface area contributed by atoms with Gasteiger partial charge in [-0.15, -0.1) is 0 Å². The molecule has 188 valence electrons. The topological polar surface area (TPSA) is 93.2 Å². The van der Waals surface area contributed by atoms with Crippen molar-refractivity contribution < 1.29 is 26.3 Å². The molecule has 8 nitrogen and oxygen atoms in total. The third-order valence-electron chi connectivity index (χ3n) is 5.99. The smallest absolute Gasteiger partial charge is 0.243 e. The first-order valence-corrected chi connectivity index (χ1v) is 17.1. The number of fused-ring (bicyclic) bond motifs is 2. The van der Waals surface area contributed by atoms with Gasteiger partial charge in [0.05, 0.1) is 36.2 Å². The number of morpholine rings is 2. The number of sulfonamides is 2. The van der Waals surface area contributed by atoms with Crippen LogP contribution in [0.4, 0.5) is 0 Å². The average Bonchev–Trinajstić information content (AvgIpc) is 3.41. The van der Waals surface area contributed by atoms with Crippen LogP contribution in [0.1, 0.15) is 0 Å². The van der Waals surface area contributed by atoms with Gasteiger partial charge in [-0.2, -0.15) is 8.61 Å². The molecule has 0 radical (unpaired) electrons. The fraction of sp³-hybridized carbons (Fsp3) is 0.429. The quantitative estimate of drug-likeness (QED) is 0.527. The maximum Gasteiger partial charge on any atom is 0.243 e. The molecule has 0 amide bonds. The van der Waals surface area contributed by atoms with Crippen molar-refractivity contribution in [1.29, 1.82) is 0 Å². The lowest BCUT2D eigenvalue weighted by Gasteiger charge is -2.26. The third kappa shape index (κ3) is 4.57. The van der Waals surface area contributed by atoms with Gasteiger partial charge >= 0.3 is 0 Å². The van der Waals surface area contributed by atoms with E-state index < -0.39 is 20.0 Å². The highest BCUT2D eigenvalue weighted by atomic mass is 32.3. The minimum atomic E-state index is -3.57. The predicted molar refractivity (Wildman–Crippen MR) is 138 cm³/mol. The van der Waals surface area contributed by atoms with Crippen LogP contribution in [-0.4, -0.2) is 80.8 Å². The summed E-state index contributed by atoms with van der Waals surface area (Å²) < 4.78 is 65.7. The second-order valence-corrected chi connectivity index (χ2v) is 18.6. The van der Waals surface area contributed by atoms with Crippen molar-refractivity contribution in [3.05, 3.63) is 36.4 Å². The van der Waals surface area contributed by atoms with E-state index in [1.165, 1.54) is 8.61 Å². The first-order valence-electron chi connectivity index (χ1n) is 11.0. The second kappa shape index (κ2) is 9.40. The van der Waals surface area contributed by atoms with Crippen molar-refractivity contribution in [2.75, 3.05) is 52.6 Å². The Bertz CT molecular complexity index is 1270. The molecule has 2 fully saturated rings. The standard InChI is InChI=1S/C21H22N2O6S6/c24-34(25,22-5-9-28-10-6-22)15-1-3-17-19(13-15)32-21(30-17)31-18-4-2-16(14-20(18)33-21)35(26,27)23-7-11-29-12-8-23/h1-4,13-14H,5-12H2. The van der Waals surface area contributed by atoms with Crippen LogP contribution in [0.3, 0.4) is 0 Å². The molecule has 0 saturated carbocycles. The Kier molecular flexibility index (Phi) is 6.68. The SMILES string of the molecule is O=S(=O)(c1ccc2c(c1)SC1(S2)Sc2ccc(S(=O)(=O)N3CCOCC3)cc2S1)N1CCOCC1. The van der Waals surface area contributed by atoms with Crippen LogP contribution in [0, 0.1) is 0 Å². The summed E-state index contributed by atoms with van der Waals surface area (Å²) in [6, 6.07) is 10.7. The maximum atomic E-state index is 13.1. The van der Waals surface area contributed by atoms with Crippen LogP contribution in [-0.2, 0) is 29.5 Å². The number of thioether (sulfide) groups is 4.